The number of anilines is 1. The van der Waals surface area contributed by atoms with Gasteiger partial charge in [0.25, 0.3) is 0 Å². The maximum Gasteiger partial charge on any atom is 0.243 e. The highest BCUT2D eigenvalue weighted by Crippen LogP contribution is 2.26. The van der Waals surface area contributed by atoms with Crippen LogP contribution in [0.4, 0.5) is 5.69 Å². The lowest BCUT2D eigenvalue weighted by atomic mass is 10.3. The molecule has 0 spiro atoms. The molecule has 0 aliphatic carbocycles. The summed E-state index contributed by atoms with van der Waals surface area (Å²) >= 11 is 6.09. The first-order valence-corrected chi connectivity index (χ1v) is 8.95. The van der Waals surface area contributed by atoms with Gasteiger partial charge >= 0.3 is 0 Å². The van der Waals surface area contributed by atoms with Crippen molar-refractivity contribution >= 4 is 27.3 Å². The fourth-order valence-electron chi connectivity index (χ4n) is 2.55. The third kappa shape index (κ3) is 3.26. The van der Waals surface area contributed by atoms with Gasteiger partial charge in [-0.25, -0.2) is 13.4 Å². The molecule has 1 fully saturated rings. The maximum atomic E-state index is 12.6. The highest BCUT2D eigenvalue weighted by atomic mass is 35.5. The minimum atomic E-state index is -3.55. The second kappa shape index (κ2) is 6.35. The van der Waals surface area contributed by atoms with E-state index in [9.17, 15) is 13.5 Å². The number of piperazine rings is 1. The molecule has 1 aliphatic heterocycles. The molecule has 0 unspecified atom stereocenters. The molecule has 23 heavy (non-hydrogen) atoms. The van der Waals surface area contributed by atoms with Crippen LogP contribution in [0.5, 0.6) is 5.75 Å². The Balaban J connectivity index is 1.74. The van der Waals surface area contributed by atoms with Crippen LogP contribution in [0.3, 0.4) is 0 Å². The number of aromatic hydroxyl groups is 1. The number of hydrogen-bond donors (Lipinski definition) is 1. The van der Waals surface area contributed by atoms with E-state index in [2.05, 4.69) is 4.98 Å². The number of nitrogens with zero attached hydrogens (tertiary/aromatic N) is 3. The van der Waals surface area contributed by atoms with Crippen LogP contribution < -0.4 is 4.90 Å². The highest BCUT2D eigenvalue weighted by Gasteiger charge is 2.29. The molecule has 1 N–H and O–H groups in total. The zero-order valence-electron chi connectivity index (χ0n) is 12.3. The predicted molar refractivity (Wildman–Crippen MR) is 88.3 cm³/mol. The minimum Gasteiger partial charge on any atom is -0.508 e. The third-order valence-electron chi connectivity index (χ3n) is 3.79. The van der Waals surface area contributed by atoms with Gasteiger partial charge in [-0.15, -0.1) is 0 Å². The van der Waals surface area contributed by atoms with Crippen molar-refractivity contribution in [1.29, 1.82) is 0 Å². The molecule has 1 aromatic heterocycles. The number of pyridine rings is 1. The summed E-state index contributed by atoms with van der Waals surface area (Å²) in [4.78, 5) is 6.26. The lowest BCUT2D eigenvalue weighted by molar-refractivity contribution is 0.385. The number of phenols is 1. The Morgan fingerprint density at radius 1 is 1.04 bits per heavy atom. The van der Waals surface area contributed by atoms with E-state index in [-0.39, 0.29) is 10.6 Å². The predicted octanol–water partition coefficient (Wildman–Crippen LogP) is 1.95. The van der Waals surface area contributed by atoms with Crippen LogP contribution in [-0.2, 0) is 10.0 Å². The normalized spacial score (nSPS) is 16.5. The third-order valence-corrected chi connectivity index (χ3v) is 6.00. The standard InChI is InChI=1S/C15H16ClN3O3S/c16-15-14(2-1-7-17-15)18-8-10-19(11-9-18)23(21,22)13-5-3-12(20)4-6-13/h1-7,20H,8-11H2. The first-order chi connectivity index (χ1) is 11.0. The Bertz CT molecular complexity index is 788. The summed E-state index contributed by atoms with van der Waals surface area (Å²) in [5.74, 6) is 0.0417. The van der Waals surface area contributed by atoms with Crippen molar-refractivity contribution < 1.29 is 13.5 Å². The lowest BCUT2D eigenvalue weighted by Crippen LogP contribution is -2.48. The van der Waals surface area contributed by atoms with Gasteiger partial charge in [0.05, 0.1) is 10.6 Å². The molecule has 1 aliphatic rings. The molecule has 6 nitrogen and oxygen atoms in total. The Hall–Kier alpha value is -1.83. The van der Waals surface area contributed by atoms with E-state index in [4.69, 9.17) is 11.6 Å². The van der Waals surface area contributed by atoms with E-state index in [0.717, 1.165) is 5.69 Å². The molecule has 0 bridgehead atoms. The van der Waals surface area contributed by atoms with Gasteiger partial charge in [-0.3, -0.25) is 0 Å². The number of benzene rings is 1. The fraction of sp³-hybridized carbons (Fsp3) is 0.267. The Morgan fingerprint density at radius 2 is 1.70 bits per heavy atom. The van der Waals surface area contributed by atoms with Crippen molar-refractivity contribution in [2.24, 2.45) is 0 Å². The van der Waals surface area contributed by atoms with E-state index < -0.39 is 10.0 Å². The van der Waals surface area contributed by atoms with Crippen LogP contribution >= 0.6 is 11.6 Å². The largest absolute Gasteiger partial charge is 0.508 e. The van der Waals surface area contributed by atoms with Gasteiger partial charge in [0.15, 0.2) is 5.15 Å². The monoisotopic (exact) mass is 353 g/mol. The Kier molecular flexibility index (Phi) is 4.43. The summed E-state index contributed by atoms with van der Waals surface area (Å²) in [5.41, 5.74) is 0.816. The van der Waals surface area contributed by atoms with Gasteiger partial charge in [-0.2, -0.15) is 4.31 Å². The molecule has 8 heteroatoms. The van der Waals surface area contributed by atoms with Crippen molar-refractivity contribution in [3.8, 4) is 5.75 Å². The number of hydrogen-bond acceptors (Lipinski definition) is 5. The molecule has 122 valence electrons. The fourth-order valence-corrected chi connectivity index (χ4v) is 4.21. The molecule has 1 aromatic carbocycles. The molecule has 2 heterocycles. The van der Waals surface area contributed by atoms with Gasteiger partial charge in [0, 0.05) is 32.4 Å². The van der Waals surface area contributed by atoms with Gasteiger partial charge in [0.1, 0.15) is 5.75 Å². The summed E-state index contributed by atoms with van der Waals surface area (Å²) in [6.45, 7) is 1.83. The van der Waals surface area contributed by atoms with Gasteiger partial charge in [-0.05, 0) is 36.4 Å². The van der Waals surface area contributed by atoms with E-state index in [1.807, 2.05) is 11.0 Å². The Morgan fingerprint density at radius 3 is 2.30 bits per heavy atom. The van der Waals surface area contributed by atoms with Crippen LogP contribution in [0, 0.1) is 0 Å². The minimum absolute atomic E-state index is 0.0417. The molecule has 2 aromatic rings. The number of aromatic nitrogens is 1. The quantitative estimate of drug-likeness (QED) is 0.854. The first-order valence-electron chi connectivity index (χ1n) is 7.13. The average Bonchev–Trinajstić information content (AvgIpc) is 2.56. The summed E-state index contributed by atoms with van der Waals surface area (Å²) in [6, 6.07) is 9.25. The van der Waals surface area contributed by atoms with Crippen LogP contribution in [0.25, 0.3) is 0 Å². The summed E-state index contributed by atoms with van der Waals surface area (Å²) in [6.07, 6.45) is 1.62. The van der Waals surface area contributed by atoms with Crippen molar-refractivity contribution in [1.82, 2.24) is 9.29 Å². The van der Waals surface area contributed by atoms with E-state index in [1.54, 1.807) is 12.3 Å². The SMILES string of the molecule is O=S(=O)(c1ccc(O)cc1)N1CCN(c2cccnc2Cl)CC1. The summed E-state index contributed by atoms with van der Waals surface area (Å²) in [7, 11) is -3.55. The van der Waals surface area contributed by atoms with Crippen LogP contribution in [0.1, 0.15) is 0 Å². The number of halogens is 1. The molecule has 3 rings (SSSR count). The van der Waals surface area contributed by atoms with Gasteiger partial charge < -0.3 is 10.0 Å². The second-order valence-corrected chi connectivity index (χ2v) is 7.49. The molecule has 0 saturated carbocycles. The maximum absolute atomic E-state index is 12.6. The second-order valence-electron chi connectivity index (χ2n) is 5.20. The van der Waals surface area contributed by atoms with E-state index in [0.29, 0.717) is 31.3 Å². The summed E-state index contributed by atoms with van der Waals surface area (Å²) < 4.78 is 26.6. The molecular weight excluding hydrogens is 338 g/mol. The van der Waals surface area contributed by atoms with E-state index >= 15 is 0 Å². The zero-order chi connectivity index (χ0) is 16.4. The van der Waals surface area contributed by atoms with Crippen molar-refractivity contribution in [3.05, 3.63) is 47.7 Å². The molecular formula is C15H16ClN3O3S. The Labute approximate surface area is 140 Å². The number of phenolic OH excluding ortho intramolecular Hbond substituents is 1. The first kappa shape index (κ1) is 16.0. The zero-order valence-corrected chi connectivity index (χ0v) is 13.8. The lowest BCUT2D eigenvalue weighted by Gasteiger charge is -2.35. The average molecular weight is 354 g/mol. The van der Waals surface area contributed by atoms with Crippen molar-refractivity contribution in [2.45, 2.75) is 4.90 Å². The molecule has 0 radical (unpaired) electrons. The van der Waals surface area contributed by atoms with Gasteiger partial charge in [-0.1, -0.05) is 11.6 Å². The highest BCUT2D eigenvalue weighted by molar-refractivity contribution is 7.89. The van der Waals surface area contributed by atoms with Crippen molar-refractivity contribution in [3.63, 3.8) is 0 Å². The number of rotatable bonds is 3. The molecule has 0 amide bonds. The molecule has 0 atom stereocenters. The van der Waals surface area contributed by atoms with Crippen LogP contribution in [0.15, 0.2) is 47.5 Å². The van der Waals surface area contributed by atoms with Crippen molar-refractivity contribution in [2.75, 3.05) is 31.1 Å². The topological polar surface area (TPSA) is 73.7 Å². The van der Waals surface area contributed by atoms with E-state index in [1.165, 1.54) is 28.6 Å². The van der Waals surface area contributed by atoms with Gasteiger partial charge in [0.2, 0.25) is 10.0 Å². The summed E-state index contributed by atoms with van der Waals surface area (Å²) in [5, 5.41) is 9.70. The molecule has 1 saturated heterocycles. The van der Waals surface area contributed by atoms with Crippen LogP contribution in [-0.4, -0.2) is 49.0 Å². The van der Waals surface area contributed by atoms with Crippen LogP contribution in [0.2, 0.25) is 5.15 Å². The smallest absolute Gasteiger partial charge is 0.243 e. The number of sulfonamides is 1.